The standard InChI is InChI=1S/C22H27N5OS/c1-13-14(2)24-21-25-22(26-27(21)16(13)4)29-12-20(28)23-15(3)18-10-9-17-7-5-6-8-19(17)11-18/h9-11,15H,5-8,12H2,1-4H3,(H,23,28). The first-order valence-corrected chi connectivity index (χ1v) is 11.2. The molecule has 4 rings (SSSR count). The van der Waals surface area contributed by atoms with E-state index in [1.54, 1.807) is 4.52 Å². The summed E-state index contributed by atoms with van der Waals surface area (Å²) < 4.78 is 1.75. The number of thioether (sulfide) groups is 1. The molecule has 0 bridgehead atoms. The lowest BCUT2D eigenvalue weighted by molar-refractivity contribution is -0.119. The number of aryl methyl sites for hydroxylation is 4. The Bertz CT molecular complexity index is 1070. The molecule has 0 aliphatic heterocycles. The number of benzene rings is 1. The Morgan fingerprint density at radius 1 is 1.17 bits per heavy atom. The predicted molar refractivity (Wildman–Crippen MR) is 115 cm³/mol. The number of amides is 1. The summed E-state index contributed by atoms with van der Waals surface area (Å²) in [5, 5.41) is 8.17. The van der Waals surface area contributed by atoms with Crippen LogP contribution in [-0.2, 0) is 17.6 Å². The maximum atomic E-state index is 12.5. The first-order chi connectivity index (χ1) is 13.9. The van der Waals surface area contributed by atoms with Crippen LogP contribution in [0.3, 0.4) is 0 Å². The number of carbonyl (C=O) groups is 1. The number of fused-ring (bicyclic) bond motifs is 2. The molecule has 6 nitrogen and oxygen atoms in total. The molecular weight excluding hydrogens is 382 g/mol. The van der Waals surface area contributed by atoms with E-state index in [-0.39, 0.29) is 17.7 Å². The van der Waals surface area contributed by atoms with Crippen molar-refractivity contribution >= 4 is 23.4 Å². The number of aromatic nitrogens is 4. The van der Waals surface area contributed by atoms with Crippen LogP contribution >= 0.6 is 11.8 Å². The zero-order valence-electron chi connectivity index (χ0n) is 17.5. The first kappa shape index (κ1) is 19.9. The second-order valence-corrected chi connectivity index (χ2v) is 8.77. The van der Waals surface area contributed by atoms with Crippen LogP contribution in [0.5, 0.6) is 0 Å². The molecule has 29 heavy (non-hydrogen) atoms. The van der Waals surface area contributed by atoms with Crippen molar-refractivity contribution in [1.29, 1.82) is 0 Å². The summed E-state index contributed by atoms with van der Waals surface area (Å²) in [6.07, 6.45) is 4.85. The molecule has 1 N–H and O–H groups in total. The van der Waals surface area contributed by atoms with Gasteiger partial charge in [0.05, 0.1) is 11.8 Å². The van der Waals surface area contributed by atoms with Gasteiger partial charge in [0.15, 0.2) is 0 Å². The van der Waals surface area contributed by atoms with E-state index in [0.29, 0.717) is 10.9 Å². The number of nitrogens with one attached hydrogen (secondary N) is 1. The molecule has 0 fully saturated rings. The van der Waals surface area contributed by atoms with E-state index in [4.69, 9.17) is 0 Å². The fraction of sp³-hybridized carbons (Fsp3) is 0.455. The molecule has 1 aliphatic carbocycles. The van der Waals surface area contributed by atoms with Crippen molar-refractivity contribution in [3.63, 3.8) is 0 Å². The second-order valence-electron chi connectivity index (χ2n) is 7.83. The van der Waals surface area contributed by atoms with Gasteiger partial charge in [-0.05, 0) is 75.6 Å². The van der Waals surface area contributed by atoms with Crippen molar-refractivity contribution < 1.29 is 4.79 Å². The Balaban J connectivity index is 1.39. The van der Waals surface area contributed by atoms with Crippen molar-refractivity contribution in [1.82, 2.24) is 24.9 Å². The fourth-order valence-corrected chi connectivity index (χ4v) is 4.45. The number of carbonyl (C=O) groups excluding carboxylic acids is 1. The summed E-state index contributed by atoms with van der Waals surface area (Å²) >= 11 is 1.34. The fourth-order valence-electron chi connectivity index (χ4n) is 3.82. The highest BCUT2D eigenvalue weighted by Crippen LogP contribution is 2.25. The smallest absolute Gasteiger partial charge is 0.253 e. The molecule has 2 heterocycles. The van der Waals surface area contributed by atoms with E-state index >= 15 is 0 Å². The van der Waals surface area contributed by atoms with E-state index in [1.165, 1.54) is 47.7 Å². The van der Waals surface area contributed by atoms with Gasteiger partial charge in [-0.2, -0.15) is 4.98 Å². The SMILES string of the molecule is Cc1nc2nc(SCC(=O)NC(C)c3ccc4c(c3)CCCC4)nn2c(C)c1C. The van der Waals surface area contributed by atoms with Crippen molar-refractivity contribution in [3.8, 4) is 0 Å². The molecule has 1 amide bonds. The van der Waals surface area contributed by atoms with Crippen molar-refractivity contribution in [2.75, 3.05) is 5.75 Å². The van der Waals surface area contributed by atoms with Crippen LogP contribution in [0.25, 0.3) is 5.78 Å². The molecule has 2 aromatic heterocycles. The molecule has 1 unspecified atom stereocenters. The summed E-state index contributed by atoms with van der Waals surface area (Å²) in [6.45, 7) is 8.04. The second kappa shape index (κ2) is 8.14. The predicted octanol–water partition coefficient (Wildman–Crippen LogP) is 3.90. The van der Waals surface area contributed by atoms with Gasteiger partial charge in [0.2, 0.25) is 11.1 Å². The largest absolute Gasteiger partial charge is 0.349 e. The molecule has 0 radical (unpaired) electrons. The Kier molecular flexibility index (Phi) is 5.58. The van der Waals surface area contributed by atoms with Gasteiger partial charge in [0, 0.05) is 11.4 Å². The van der Waals surface area contributed by atoms with Gasteiger partial charge in [0.1, 0.15) is 0 Å². The molecule has 0 saturated heterocycles. The minimum atomic E-state index is -0.0175. The Morgan fingerprint density at radius 3 is 2.72 bits per heavy atom. The summed E-state index contributed by atoms with van der Waals surface area (Å²) in [7, 11) is 0. The van der Waals surface area contributed by atoms with Gasteiger partial charge in [-0.15, -0.1) is 5.10 Å². The van der Waals surface area contributed by atoms with Gasteiger partial charge in [-0.1, -0.05) is 30.0 Å². The number of nitrogens with zero attached hydrogens (tertiary/aromatic N) is 4. The quantitative estimate of drug-likeness (QED) is 0.647. The van der Waals surface area contributed by atoms with E-state index in [2.05, 4.69) is 38.6 Å². The third-order valence-corrected chi connectivity index (χ3v) is 6.66. The van der Waals surface area contributed by atoms with Gasteiger partial charge in [-0.3, -0.25) is 4.79 Å². The van der Waals surface area contributed by atoms with Crippen LogP contribution in [0.4, 0.5) is 0 Å². The summed E-state index contributed by atoms with van der Waals surface area (Å²) in [6, 6.07) is 6.61. The molecule has 1 aliphatic rings. The van der Waals surface area contributed by atoms with Crippen molar-refractivity contribution in [2.24, 2.45) is 0 Å². The average molecular weight is 410 g/mol. The van der Waals surface area contributed by atoms with Crippen LogP contribution in [-0.4, -0.2) is 31.2 Å². The van der Waals surface area contributed by atoms with E-state index in [9.17, 15) is 4.79 Å². The average Bonchev–Trinajstić information content (AvgIpc) is 3.13. The monoisotopic (exact) mass is 409 g/mol. The molecule has 0 saturated carbocycles. The highest BCUT2D eigenvalue weighted by Gasteiger charge is 2.16. The van der Waals surface area contributed by atoms with Crippen LogP contribution in [0.15, 0.2) is 23.4 Å². The van der Waals surface area contributed by atoms with Gasteiger partial charge in [-0.25, -0.2) is 9.50 Å². The maximum Gasteiger partial charge on any atom is 0.253 e. The lowest BCUT2D eigenvalue weighted by Crippen LogP contribution is -2.28. The first-order valence-electron chi connectivity index (χ1n) is 10.2. The van der Waals surface area contributed by atoms with Gasteiger partial charge >= 0.3 is 0 Å². The minimum absolute atomic E-state index is 0.0152. The third-order valence-electron chi connectivity index (χ3n) is 5.82. The van der Waals surface area contributed by atoms with E-state index < -0.39 is 0 Å². The van der Waals surface area contributed by atoms with Crippen LogP contribution in [0, 0.1) is 20.8 Å². The topological polar surface area (TPSA) is 72.2 Å². The van der Waals surface area contributed by atoms with Crippen LogP contribution in [0.1, 0.15) is 59.4 Å². The van der Waals surface area contributed by atoms with Crippen LogP contribution in [0.2, 0.25) is 0 Å². The molecule has 1 aromatic carbocycles. The van der Waals surface area contributed by atoms with E-state index in [1.807, 2.05) is 27.7 Å². The Hall–Kier alpha value is -2.41. The highest BCUT2D eigenvalue weighted by molar-refractivity contribution is 7.99. The normalized spacial score (nSPS) is 14.6. The zero-order chi connectivity index (χ0) is 20.5. The molecule has 152 valence electrons. The lowest BCUT2D eigenvalue weighted by atomic mass is 9.89. The summed E-state index contributed by atoms with van der Waals surface area (Å²) in [5.41, 5.74) is 7.15. The zero-order valence-corrected chi connectivity index (χ0v) is 18.3. The summed E-state index contributed by atoms with van der Waals surface area (Å²) in [5.74, 6) is 0.843. The van der Waals surface area contributed by atoms with Crippen LogP contribution < -0.4 is 5.32 Å². The number of hydrogen-bond donors (Lipinski definition) is 1. The molecule has 1 atom stereocenters. The van der Waals surface area contributed by atoms with Gasteiger partial charge < -0.3 is 5.32 Å². The van der Waals surface area contributed by atoms with Crippen molar-refractivity contribution in [2.45, 2.75) is 64.6 Å². The summed E-state index contributed by atoms with van der Waals surface area (Å²) in [4.78, 5) is 21.4. The lowest BCUT2D eigenvalue weighted by Gasteiger charge is -2.20. The minimum Gasteiger partial charge on any atom is -0.349 e. The Morgan fingerprint density at radius 2 is 1.93 bits per heavy atom. The Labute approximate surface area is 175 Å². The molecular formula is C22H27N5OS. The highest BCUT2D eigenvalue weighted by atomic mass is 32.2. The molecule has 0 spiro atoms. The van der Waals surface area contributed by atoms with Gasteiger partial charge in [0.25, 0.3) is 5.78 Å². The third kappa shape index (κ3) is 4.15. The number of rotatable bonds is 5. The van der Waals surface area contributed by atoms with Crippen molar-refractivity contribution in [3.05, 3.63) is 51.8 Å². The number of hydrogen-bond acceptors (Lipinski definition) is 5. The van der Waals surface area contributed by atoms with E-state index in [0.717, 1.165) is 23.4 Å². The molecule has 3 aromatic rings. The molecule has 7 heteroatoms. The maximum absolute atomic E-state index is 12.5.